The molecule has 0 aliphatic carbocycles. The summed E-state index contributed by atoms with van der Waals surface area (Å²) in [6.45, 7) is 4.65. The van der Waals surface area contributed by atoms with Crippen molar-refractivity contribution in [3.63, 3.8) is 0 Å². The molecule has 2 N–H and O–H groups in total. The van der Waals surface area contributed by atoms with Gasteiger partial charge in [-0.2, -0.15) is 0 Å². The summed E-state index contributed by atoms with van der Waals surface area (Å²) < 4.78 is 13.6. The fourth-order valence-electron chi connectivity index (χ4n) is 1.62. The maximum Gasteiger partial charge on any atom is 0.255 e. The summed E-state index contributed by atoms with van der Waals surface area (Å²) >= 11 is 8.01. The molecule has 0 aliphatic rings. The lowest BCUT2D eigenvalue weighted by atomic mass is 10.1. The number of hydrogen-bond donors (Lipinski definition) is 1. The third-order valence-electron chi connectivity index (χ3n) is 2.83. The van der Waals surface area contributed by atoms with Crippen LogP contribution in [0.2, 0.25) is 0 Å². The van der Waals surface area contributed by atoms with Gasteiger partial charge in [-0.15, -0.1) is 0 Å². The third-order valence-corrected chi connectivity index (χ3v) is 4.04. The highest BCUT2D eigenvalue weighted by atomic mass is 79.9. The van der Waals surface area contributed by atoms with Gasteiger partial charge in [0.15, 0.2) is 0 Å². The zero-order chi connectivity index (χ0) is 14.6. The van der Waals surface area contributed by atoms with Gasteiger partial charge in [0.25, 0.3) is 5.91 Å². The SMILES string of the molecule is CCN(CC(C)C(N)=S)C(=O)c1cccc(F)c1Br. The van der Waals surface area contributed by atoms with Gasteiger partial charge in [0.1, 0.15) is 5.82 Å². The maximum atomic E-state index is 13.4. The Morgan fingerprint density at radius 2 is 2.21 bits per heavy atom. The summed E-state index contributed by atoms with van der Waals surface area (Å²) in [5.41, 5.74) is 5.86. The normalized spacial score (nSPS) is 12.0. The lowest BCUT2D eigenvalue weighted by Crippen LogP contribution is -2.38. The first-order chi connectivity index (χ1) is 8.88. The molecule has 0 aromatic heterocycles. The molecule has 104 valence electrons. The van der Waals surface area contributed by atoms with Crippen molar-refractivity contribution in [2.75, 3.05) is 13.1 Å². The van der Waals surface area contributed by atoms with Crippen molar-refractivity contribution < 1.29 is 9.18 Å². The van der Waals surface area contributed by atoms with Crippen molar-refractivity contribution in [2.24, 2.45) is 11.7 Å². The van der Waals surface area contributed by atoms with Crippen molar-refractivity contribution >= 4 is 39.0 Å². The number of carbonyl (C=O) groups is 1. The Morgan fingerprint density at radius 1 is 1.58 bits per heavy atom. The van der Waals surface area contributed by atoms with E-state index in [0.717, 1.165) is 0 Å². The largest absolute Gasteiger partial charge is 0.393 e. The number of rotatable bonds is 5. The summed E-state index contributed by atoms with van der Waals surface area (Å²) in [7, 11) is 0. The molecule has 1 atom stereocenters. The number of benzene rings is 1. The van der Waals surface area contributed by atoms with Crippen LogP contribution in [0.5, 0.6) is 0 Å². The fraction of sp³-hybridized carbons (Fsp3) is 0.385. The number of hydrogen-bond acceptors (Lipinski definition) is 2. The van der Waals surface area contributed by atoms with E-state index >= 15 is 0 Å². The first-order valence-corrected chi connectivity index (χ1v) is 7.11. The molecule has 1 aromatic rings. The molecule has 0 fully saturated rings. The Labute approximate surface area is 126 Å². The quantitative estimate of drug-likeness (QED) is 0.833. The van der Waals surface area contributed by atoms with Gasteiger partial charge in [-0.3, -0.25) is 4.79 Å². The standard InChI is InChI=1S/C13H16BrFN2OS/c1-3-17(7-8(2)12(16)19)13(18)9-5-4-6-10(15)11(9)14/h4-6,8H,3,7H2,1-2H3,(H2,16,19). The molecule has 0 aliphatic heterocycles. The zero-order valence-corrected chi connectivity index (χ0v) is 13.2. The van der Waals surface area contributed by atoms with E-state index in [4.69, 9.17) is 18.0 Å². The van der Waals surface area contributed by atoms with Crippen LogP contribution in [0, 0.1) is 11.7 Å². The molecule has 0 bridgehead atoms. The van der Waals surface area contributed by atoms with Crippen LogP contribution in [0.25, 0.3) is 0 Å². The topological polar surface area (TPSA) is 46.3 Å². The van der Waals surface area contributed by atoms with Crippen LogP contribution in [-0.4, -0.2) is 28.9 Å². The molecular weight excluding hydrogens is 331 g/mol. The minimum absolute atomic E-state index is 0.0776. The zero-order valence-electron chi connectivity index (χ0n) is 10.8. The van der Waals surface area contributed by atoms with Gasteiger partial charge >= 0.3 is 0 Å². The van der Waals surface area contributed by atoms with Crippen molar-refractivity contribution in [3.8, 4) is 0 Å². The van der Waals surface area contributed by atoms with Gasteiger partial charge < -0.3 is 10.6 Å². The number of thiocarbonyl (C=S) groups is 1. The summed E-state index contributed by atoms with van der Waals surface area (Å²) in [5.74, 6) is -0.771. The average molecular weight is 347 g/mol. The number of nitrogens with zero attached hydrogens (tertiary/aromatic N) is 1. The number of nitrogens with two attached hydrogens (primary N) is 1. The molecule has 1 rings (SSSR count). The van der Waals surface area contributed by atoms with Gasteiger partial charge in [-0.05, 0) is 35.0 Å². The van der Waals surface area contributed by atoms with Crippen LogP contribution in [-0.2, 0) is 0 Å². The second kappa shape index (κ2) is 6.96. The van der Waals surface area contributed by atoms with Crippen LogP contribution in [0.1, 0.15) is 24.2 Å². The minimum atomic E-state index is -0.454. The Hall–Kier alpha value is -1.01. The lowest BCUT2D eigenvalue weighted by Gasteiger charge is -2.24. The molecule has 0 radical (unpaired) electrons. The van der Waals surface area contributed by atoms with Gasteiger partial charge in [0.05, 0.1) is 15.0 Å². The van der Waals surface area contributed by atoms with E-state index < -0.39 is 5.82 Å². The van der Waals surface area contributed by atoms with Crippen molar-refractivity contribution in [2.45, 2.75) is 13.8 Å². The Balaban J connectivity index is 2.96. The van der Waals surface area contributed by atoms with E-state index in [0.29, 0.717) is 23.6 Å². The Morgan fingerprint density at radius 3 is 2.74 bits per heavy atom. The van der Waals surface area contributed by atoms with E-state index in [1.54, 1.807) is 11.0 Å². The van der Waals surface area contributed by atoms with Crippen molar-refractivity contribution in [1.82, 2.24) is 4.90 Å². The number of carbonyl (C=O) groups excluding carboxylic acids is 1. The second-order valence-corrected chi connectivity index (χ2v) is 5.51. The molecule has 6 heteroatoms. The summed E-state index contributed by atoms with van der Waals surface area (Å²) in [6.07, 6.45) is 0. The summed E-state index contributed by atoms with van der Waals surface area (Å²) in [6, 6.07) is 4.40. The van der Waals surface area contributed by atoms with E-state index in [2.05, 4.69) is 15.9 Å². The smallest absolute Gasteiger partial charge is 0.255 e. The van der Waals surface area contributed by atoms with Crippen LogP contribution < -0.4 is 5.73 Å². The predicted molar refractivity (Wildman–Crippen MR) is 81.6 cm³/mol. The van der Waals surface area contributed by atoms with Crippen molar-refractivity contribution in [3.05, 3.63) is 34.1 Å². The molecule has 0 saturated carbocycles. The van der Waals surface area contributed by atoms with Crippen LogP contribution in [0.3, 0.4) is 0 Å². The van der Waals surface area contributed by atoms with Gasteiger partial charge in [-0.1, -0.05) is 25.2 Å². The Kier molecular flexibility index (Phi) is 5.87. The van der Waals surface area contributed by atoms with E-state index in [1.807, 2.05) is 13.8 Å². The fourth-order valence-corrected chi connectivity index (χ4v) is 2.12. The molecule has 0 saturated heterocycles. The summed E-state index contributed by atoms with van der Waals surface area (Å²) in [4.78, 5) is 14.3. The number of halogens is 2. The van der Waals surface area contributed by atoms with Gasteiger partial charge in [0, 0.05) is 19.0 Å². The minimum Gasteiger partial charge on any atom is -0.393 e. The average Bonchev–Trinajstić information content (AvgIpc) is 2.38. The van der Waals surface area contributed by atoms with Crippen LogP contribution in [0.4, 0.5) is 4.39 Å². The lowest BCUT2D eigenvalue weighted by molar-refractivity contribution is 0.0753. The second-order valence-electron chi connectivity index (χ2n) is 4.25. The van der Waals surface area contributed by atoms with E-state index in [-0.39, 0.29) is 16.3 Å². The molecule has 1 aromatic carbocycles. The molecule has 1 amide bonds. The van der Waals surface area contributed by atoms with Crippen LogP contribution in [0.15, 0.2) is 22.7 Å². The number of amides is 1. The Bertz CT molecular complexity index is 496. The highest BCUT2D eigenvalue weighted by molar-refractivity contribution is 9.10. The highest BCUT2D eigenvalue weighted by Crippen LogP contribution is 2.22. The first-order valence-electron chi connectivity index (χ1n) is 5.91. The molecule has 1 unspecified atom stereocenters. The van der Waals surface area contributed by atoms with Crippen LogP contribution >= 0.6 is 28.1 Å². The molecule has 0 spiro atoms. The molecule has 19 heavy (non-hydrogen) atoms. The first kappa shape index (κ1) is 16.0. The molecule has 0 heterocycles. The van der Waals surface area contributed by atoms with Gasteiger partial charge in [-0.25, -0.2) is 4.39 Å². The third kappa shape index (κ3) is 3.98. The highest BCUT2D eigenvalue weighted by Gasteiger charge is 2.21. The molecular formula is C13H16BrFN2OS. The predicted octanol–water partition coefficient (Wildman–Crippen LogP) is 2.97. The summed E-state index contributed by atoms with van der Waals surface area (Å²) in [5, 5.41) is 0. The maximum absolute atomic E-state index is 13.4. The van der Waals surface area contributed by atoms with Crippen molar-refractivity contribution in [1.29, 1.82) is 0 Å². The van der Waals surface area contributed by atoms with Gasteiger partial charge in [0.2, 0.25) is 0 Å². The monoisotopic (exact) mass is 346 g/mol. The van der Waals surface area contributed by atoms with E-state index in [1.165, 1.54) is 12.1 Å². The van der Waals surface area contributed by atoms with E-state index in [9.17, 15) is 9.18 Å². The molecule has 3 nitrogen and oxygen atoms in total.